The third kappa shape index (κ3) is 3.94. The second kappa shape index (κ2) is 7.18. The number of ether oxygens (including phenoxy) is 1. The third-order valence-corrected chi connectivity index (χ3v) is 4.40. The summed E-state index contributed by atoms with van der Waals surface area (Å²) in [5, 5.41) is 22.6. The van der Waals surface area contributed by atoms with Crippen LogP contribution in [-0.2, 0) is 10.0 Å². The predicted octanol–water partition coefficient (Wildman–Crippen LogP) is 0.918. The number of nitrogens with zero attached hydrogens (tertiary/aromatic N) is 3. The molecule has 0 atom stereocenters. The molecule has 0 aliphatic carbocycles. The van der Waals surface area contributed by atoms with Gasteiger partial charge in [0.25, 0.3) is 21.6 Å². The van der Waals surface area contributed by atoms with E-state index in [0.29, 0.717) is 0 Å². The number of hydrogen-bond donors (Lipinski definition) is 3. The van der Waals surface area contributed by atoms with Gasteiger partial charge in [0, 0.05) is 6.07 Å². The minimum atomic E-state index is -4.53. The molecule has 0 saturated carbocycles. The lowest BCUT2D eigenvalue weighted by Gasteiger charge is -2.10. The van der Waals surface area contributed by atoms with Crippen LogP contribution in [-0.4, -0.2) is 41.6 Å². The number of rotatable bonds is 5. The number of methoxy groups -OCH3 is 1. The van der Waals surface area contributed by atoms with Crippen molar-refractivity contribution in [3.8, 4) is 11.6 Å². The van der Waals surface area contributed by atoms with Gasteiger partial charge in [0.15, 0.2) is 10.6 Å². The fourth-order valence-electron chi connectivity index (χ4n) is 1.88. The van der Waals surface area contributed by atoms with Crippen LogP contribution in [0.2, 0.25) is 0 Å². The molecule has 2 rings (SSSR count). The predicted molar refractivity (Wildman–Crippen MR) is 87.4 cm³/mol. The molecule has 0 radical (unpaired) electrons. The summed E-state index contributed by atoms with van der Waals surface area (Å²) in [5.41, 5.74) is -0.611. The van der Waals surface area contributed by atoms with Gasteiger partial charge in [-0.15, -0.1) is 0 Å². The van der Waals surface area contributed by atoms with Crippen molar-refractivity contribution in [1.29, 1.82) is 0 Å². The molecule has 0 bridgehead atoms. The number of benzene rings is 1. The van der Waals surface area contributed by atoms with E-state index in [9.17, 15) is 28.4 Å². The lowest BCUT2D eigenvalue weighted by Crippen LogP contribution is -2.35. The number of nitro benzene ring substituents is 1. The number of carbonyl (C=O) groups excluding carboxylic acids is 1. The molecule has 0 unspecified atom stereocenters. The molecule has 3 N–H and O–H groups in total. The number of para-hydroxylation sites is 1. The summed E-state index contributed by atoms with van der Waals surface area (Å²) in [6, 6.07) is 3.28. The second-order valence-electron chi connectivity index (χ2n) is 4.77. The summed E-state index contributed by atoms with van der Waals surface area (Å²) in [4.78, 5) is 28.7. The molecule has 26 heavy (non-hydrogen) atoms. The van der Waals surface area contributed by atoms with Crippen LogP contribution in [0.5, 0.6) is 11.6 Å². The van der Waals surface area contributed by atoms with Gasteiger partial charge in [-0.3, -0.25) is 15.4 Å². The van der Waals surface area contributed by atoms with E-state index >= 15 is 0 Å². The van der Waals surface area contributed by atoms with Crippen molar-refractivity contribution in [2.75, 3.05) is 12.4 Å². The van der Waals surface area contributed by atoms with E-state index in [1.165, 1.54) is 26.2 Å². The van der Waals surface area contributed by atoms with E-state index in [4.69, 9.17) is 4.74 Å². The molecule has 12 nitrogen and oxygen atoms in total. The van der Waals surface area contributed by atoms with Crippen LogP contribution in [0.1, 0.15) is 5.69 Å². The maximum absolute atomic E-state index is 12.2. The number of amides is 2. The molecule has 1 heterocycles. The van der Waals surface area contributed by atoms with Crippen LogP contribution < -0.4 is 14.8 Å². The fraction of sp³-hybridized carbons (Fsp3) is 0.154. The van der Waals surface area contributed by atoms with Gasteiger partial charge >= 0.3 is 6.03 Å². The van der Waals surface area contributed by atoms with E-state index in [1.54, 1.807) is 4.72 Å². The van der Waals surface area contributed by atoms with Gasteiger partial charge in [-0.2, -0.15) is 4.98 Å². The standard InChI is InChI=1S/C13H13N5O7S/c1-7-10(19)11(25-2)15-12(14-7)16-13(20)17-26(23,24)9-6-4-3-5-8(9)18(21)22/h3-6,19H,1-2H3,(H2,14,15,16,17,20). The number of aryl methyl sites for hydroxylation is 1. The molecule has 2 aromatic rings. The average Bonchev–Trinajstić information content (AvgIpc) is 2.57. The Morgan fingerprint density at radius 1 is 1.31 bits per heavy atom. The highest BCUT2D eigenvalue weighted by Gasteiger charge is 2.27. The summed E-state index contributed by atoms with van der Waals surface area (Å²) < 4.78 is 30.9. The first-order valence-electron chi connectivity index (χ1n) is 6.84. The Labute approximate surface area is 147 Å². The molecule has 13 heteroatoms. The molecule has 138 valence electrons. The van der Waals surface area contributed by atoms with Crippen molar-refractivity contribution in [2.45, 2.75) is 11.8 Å². The Hall–Kier alpha value is -3.48. The molecule has 1 aromatic carbocycles. The van der Waals surface area contributed by atoms with Gasteiger partial charge in [0.1, 0.15) is 0 Å². The van der Waals surface area contributed by atoms with E-state index in [2.05, 4.69) is 9.97 Å². The first-order valence-corrected chi connectivity index (χ1v) is 8.33. The van der Waals surface area contributed by atoms with Crippen LogP contribution >= 0.6 is 0 Å². The van der Waals surface area contributed by atoms with Gasteiger partial charge in [0.2, 0.25) is 5.95 Å². The number of carbonyl (C=O) groups is 1. The summed E-state index contributed by atoms with van der Waals surface area (Å²) in [6.07, 6.45) is 0. The average molecular weight is 383 g/mol. The van der Waals surface area contributed by atoms with Crippen molar-refractivity contribution in [3.05, 3.63) is 40.1 Å². The molecule has 2 amide bonds. The number of urea groups is 1. The molecule has 0 aliphatic heterocycles. The normalized spacial score (nSPS) is 10.8. The first-order chi connectivity index (χ1) is 12.2. The number of hydrogen-bond acceptors (Lipinski definition) is 9. The van der Waals surface area contributed by atoms with Crippen molar-refractivity contribution >= 4 is 27.7 Å². The summed E-state index contributed by atoms with van der Waals surface area (Å²) in [6.45, 7) is 1.41. The quantitative estimate of drug-likeness (QED) is 0.501. The molecule has 0 spiro atoms. The minimum Gasteiger partial charge on any atom is -0.502 e. The Bertz CT molecular complexity index is 977. The van der Waals surface area contributed by atoms with Crippen LogP contribution in [0, 0.1) is 17.0 Å². The molecule has 0 saturated heterocycles. The Kier molecular flexibility index (Phi) is 5.21. The van der Waals surface area contributed by atoms with E-state index < -0.39 is 31.6 Å². The maximum atomic E-state index is 12.2. The van der Waals surface area contributed by atoms with Gasteiger partial charge in [-0.25, -0.2) is 22.9 Å². The van der Waals surface area contributed by atoms with Crippen LogP contribution in [0.3, 0.4) is 0 Å². The Morgan fingerprint density at radius 2 is 1.96 bits per heavy atom. The summed E-state index contributed by atoms with van der Waals surface area (Å²) >= 11 is 0. The van der Waals surface area contributed by atoms with Crippen molar-refractivity contribution in [3.63, 3.8) is 0 Å². The van der Waals surface area contributed by atoms with Gasteiger partial charge < -0.3 is 9.84 Å². The van der Waals surface area contributed by atoms with E-state index in [0.717, 1.165) is 12.1 Å². The highest BCUT2D eigenvalue weighted by atomic mass is 32.2. The lowest BCUT2D eigenvalue weighted by molar-refractivity contribution is -0.387. The third-order valence-electron chi connectivity index (χ3n) is 3.02. The molecular formula is C13H13N5O7S. The number of nitro groups is 1. The van der Waals surface area contributed by atoms with Gasteiger partial charge in [-0.1, -0.05) is 12.1 Å². The monoisotopic (exact) mass is 383 g/mol. The number of anilines is 1. The Balaban J connectivity index is 2.25. The number of aromatic hydroxyl groups is 1. The van der Waals surface area contributed by atoms with Crippen molar-refractivity contribution in [2.24, 2.45) is 0 Å². The first kappa shape index (κ1) is 18.9. The topological polar surface area (TPSA) is 174 Å². The minimum absolute atomic E-state index is 0.0775. The van der Waals surface area contributed by atoms with Crippen LogP contribution in [0.15, 0.2) is 29.2 Å². The highest BCUT2D eigenvalue weighted by molar-refractivity contribution is 7.90. The van der Waals surface area contributed by atoms with Gasteiger partial charge in [-0.05, 0) is 13.0 Å². The zero-order chi connectivity index (χ0) is 19.5. The molecule has 1 aromatic heterocycles. The van der Waals surface area contributed by atoms with E-state index in [1.807, 2.05) is 5.32 Å². The number of nitrogens with one attached hydrogen (secondary N) is 2. The summed E-state index contributed by atoms with van der Waals surface area (Å²) in [5.74, 6) is -0.909. The SMILES string of the molecule is COc1nc(NC(=O)NS(=O)(=O)c2ccccc2[N+](=O)[O-])nc(C)c1O. The molecule has 0 fully saturated rings. The Morgan fingerprint density at radius 3 is 2.58 bits per heavy atom. The summed E-state index contributed by atoms with van der Waals surface area (Å²) in [7, 11) is -3.30. The van der Waals surface area contributed by atoms with Crippen molar-refractivity contribution < 1.29 is 28.0 Å². The fourth-order valence-corrected chi connectivity index (χ4v) is 2.96. The molecular weight excluding hydrogens is 370 g/mol. The zero-order valence-corrected chi connectivity index (χ0v) is 14.3. The lowest BCUT2D eigenvalue weighted by atomic mass is 10.3. The van der Waals surface area contributed by atoms with Crippen molar-refractivity contribution in [1.82, 2.24) is 14.7 Å². The zero-order valence-electron chi connectivity index (χ0n) is 13.5. The van der Waals surface area contributed by atoms with Crippen LogP contribution in [0.25, 0.3) is 0 Å². The number of sulfonamides is 1. The largest absolute Gasteiger partial charge is 0.502 e. The van der Waals surface area contributed by atoms with Gasteiger partial charge in [0.05, 0.1) is 17.7 Å². The maximum Gasteiger partial charge on any atom is 0.335 e. The van der Waals surface area contributed by atoms with Crippen LogP contribution in [0.4, 0.5) is 16.4 Å². The molecule has 0 aliphatic rings. The highest BCUT2D eigenvalue weighted by Crippen LogP contribution is 2.27. The smallest absolute Gasteiger partial charge is 0.335 e. The second-order valence-corrected chi connectivity index (χ2v) is 6.43. The number of aromatic nitrogens is 2. The van der Waals surface area contributed by atoms with E-state index in [-0.39, 0.29) is 23.3 Å².